The summed E-state index contributed by atoms with van der Waals surface area (Å²) in [6.45, 7) is 5.51. The summed E-state index contributed by atoms with van der Waals surface area (Å²) in [4.78, 5) is 6.70. The lowest BCUT2D eigenvalue weighted by atomic mass is 10.0. The molecule has 0 saturated carbocycles. The van der Waals surface area contributed by atoms with E-state index in [4.69, 9.17) is 0 Å². The van der Waals surface area contributed by atoms with Gasteiger partial charge in [-0.15, -0.1) is 0 Å². The average Bonchev–Trinajstić information content (AvgIpc) is 2.52. The number of benzene rings is 1. The van der Waals surface area contributed by atoms with Crippen molar-refractivity contribution < 1.29 is 0 Å². The standard InChI is InChI=1S/C18H23N3/c1-15-13-19-10-7-18(15)20-17-8-11-21(12-9-17)14-16-5-3-2-4-6-16/h2-7,10,13,17H,8-9,11-12,14H2,1H3,(H,19,20). The van der Waals surface area contributed by atoms with Crippen LogP contribution in [0.4, 0.5) is 5.69 Å². The van der Waals surface area contributed by atoms with Gasteiger partial charge in [0.05, 0.1) is 0 Å². The van der Waals surface area contributed by atoms with Gasteiger partial charge in [0.1, 0.15) is 0 Å². The average molecular weight is 281 g/mol. The monoisotopic (exact) mass is 281 g/mol. The molecule has 0 spiro atoms. The minimum atomic E-state index is 0.582. The van der Waals surface area contributed by atoms with Crippen molar-refractivity contribution in [2.45, 2.75) is 32.4 Å². The molecular weight excluding hydrogens is 258 g/mol. The molecular formula is C18H23N3. The number of pyridine rings is 1. The molecule has 0 radical (unpaired) electrons. The van der Waals surface area contributed by atoms with Crippen LogP contribution in [0.25, 0.3) is 0 Å². The van der Waals surface area contributed by atoms with Gasteiger partial charge in [0.2, 0.25) is 0 Å². The summed E-state index contributed by atoms with van der Waals surface area (Å²) in [6.07, 6.45) is 6.19. The highest BCUT2D eigenvalue weighted by molar-refractivity contribution is 5.49. The van der Waals surface area contributed by atoms with Gasteiger partial charge in [-0.2, -0.15) is 0 Å². The molecule has 2 aromatic rings. The molecule has 1 aliphatic heterocycles. The lowest BCUT2D eigenvalue weighted by Gasteiger charge is -2.33. The Morgan fingerprint density at radius 1 is 1.14 bits per heavy atom. The van der Waals surface area contributed by atoms with Crippen LogP contribution in [-0.4, -0.2) is 29.0 Å². The highest BCUT2D eigenvalue weighted by Gasteiger charge is 2.19. The van der Waals surface area contributed by atoms with Crippen LogP contribution in [-0.2, 0) is 6.54 Å². The number of likely N-dealkylation sites (tertiary alicyclic amines) is 1. The van der Waals surface area contributed by atoms with Gasteiger partial charge >= 0.3 is 0 Å². The van der Waals surface area contributed by atoms with Crippen LogP contribution in [0.15, 0.2) is 48.8 Å². The predicted octanol–water partition coefficient (Wildman–Crippen LogP) is 3.47. The van der Waals surface area contributed by atoms with E-state index in [1.807, 2.05) is 12.4 Å². The zero-order chi connectivity index (χ0) is 14.5. The van der Waals surface area contributed by atoms with Crippen molar-refractivity contribution in [2.24, 2.45) is 0 Å². The molecule has 2 heterocycles. The number of aromatic nitrogens is 1. The number of hydrogen-bond donors (Lipinski definition) is 1. The van der Waals surface area contributed by atoms with Crippen molar-refractivity contribution in [1.29, 1.82) is 0 Å². The van der Waals surface area contributed by atoms with Crippen LogP contribution in [0.3, 0.4) is 0 Å². The number of nitrogens with one attached hydrogen (secondary N) is 1. The summed E-state index contributed by atoms with van der Waals surface area (Å²) in [6, 6.07) is 13.4. The second kappa shape index (κ2) is 6.72. The molecule has 0 aliphatic carbocycles. The van der Waals surface area contributed by atoms with Gasteiger partial charge in [-0.25, -0.2) is 0 Å². The lowest BCUT2D eigenvalue weighted by molar-refractivity contribution is 0.211. The van der Waals surface area contributed by atoms with Gasteiger partial charge in [0, 0.05) is 43.8 Å². The zero-order valence-corrected chi connectivity index (χ0v) is 12.6. The zero-order valence-electron chi connectivity index (χ0n) is 12.6. The first-order valence-corrected chi connectivity index (χ1v) is 7.75. The summed E-state index contributed by atoms with van der Waals surface area (Å²) in [5.74, 6) is 0. The molecule has 0 unspecified atom stereocenters. The number of anilines is 1. The van der Waals surface area contributed by atoms with Crippen molar-refractivity contribution in [3.05, 3.63) is 59.9 Å². The fourth-order valence-electron chi connectivity index (χ4n) is 2.93. The first-order chi connectivity index (χ1) is 10.3. The molecule has 21 heavy (non-hydrogen) atoms. The number of aryl methyl sites for hydroxylation is 1. The fourth-order valence-corrected chi connectivity index (χ4v) is 2.93. The summed E-state index contributed by atoms with van der Waals surface area (Å²) >= 11 is 0. The van der Waals surface area contributed by atoms with E-state index < -0.39 is 0 Å². The van der Waals surface area contributed by atoms with Gasteiger partial charge in [-0.1, -0.05) is 30.3 Å². The van der Waals surface area contributed by atoms with Gasteiger partial charge in [-0.3, -0.25) is 9.88 Å². The molecule has 1 aromatic carbocycles. The first kappa shape index (κ1) is 14.1. The Morgan fingerprint density at radius 3 is 2.62 bits per heavy atom. The summed E-state index contributed by atoms with van der Waals surface area (Å²) < 4.78 is 0. The predicted molar refractivity (Wildman–Crippen MR) is 87.3 cm³/mol. The quantitative estimate of drug-likeness (QED) is 0.930. The lowest BCUT2D eigenvalue weighted by Crippen LogP contribution is -2.38. The molecule has 1 aliphatic rings. The van der Waals surface area contributed by atoms with Gasteiger partial charge in [0.25, 0.3) is 0 Å². The van der Waals surface area contributed by atoms with Crippen molar-refractivity contribution in [3.8, 4) is 0 Å². The highest BCUT2D eigenvalue weighted by Crippen LogP contribution is 2.19. The Morgan fingerprint density at radius 2 is 1.90 bits per heavy atom. The maximum absolute atomic E-state index is 4.15. The Balaban J connectivity index is 1.50. The van der Waals surface area contributed by atoms with Crippen LogP contribution in [0, 0.1) is 6.92 Å². The minimum Gasteiger partial charge on any atom is -0.382 e. The van der Waals surface area contributed by atoms with Gasteiger partial charge in [-0.05, 0) is 37.0 Å². The van der Waals surface area contributed by atoms with Crippen LogP contribution in [0.1, 0.15) is 24.0 Å². The number of hydrogen-bond acceptors (Lipinski definition) is 3. The topological polar surface area (TPSA) is 28.2 Å². The molecule has 3 nitrogen and oxygen atoms in total. The minimum absolute atomic E-state index is 0.582. The summed E-state index contributed by atoms with van der Waals surface area (Å²) in [5.41, 5.74) is 3.87. The second-order valence-electron chi connectivity index (χ2n) is 5.87. The van der Waals surface area contributed by atoms with E-state index in [0.717, 1.165) is 19.6 Å². The number of piperidine rings is 1. The third kappa shape index (κ3) is 3.82. The first-order valence-electron chi connectivity index (χ1n) is 7.75. The van der Waals surface area contributed by atoms with Crippen LogP contribution < -0.4 is 5.32 Å². The van der Waals surface area contributed by atoms with E-state index in [1.54, 1.807) is 0 Å². The molecule has 0 bridgehead atoms. The van der Waals surface area contributed by atoms with Gasteiger partial charge in [0.15, 0.2) is 0 Å². The van der Waals surface area contributed by atoms with Crippen molar-refractivity contribution in [3.63, 3.8) is 0 Å². The van der Waals surface area contributed by atoms with E-state index in [9.17, 15) is 0 Å². The molecule has 1 fully saturated rings. The highest BCUT2D eigenvalue weighted by atomic mass is 15.1. The maximum atomic E-state index is 4.15. The Hall–Kier alpha value is -1.87. The van der Waals surface area contributed by atoms with E-state index in [1.165, 1.54) is 29.7 Å². The van der Waals surface area contributed by atoms with E-state index in [2.05, 4.69) is 58.5 Å². The smallest absolute Gasteiger partial charge is 0.0402 e. The van der Waals surface area contributed by atoms with Crippen molar-refractivity contribution in [2.75, 3.05) is 18.4 Å². The molecule has 1 saturated heterocycles. The van der Waals surface area contributed by atoms with Crippen molar-refractivity contribution in [1.82, 2.24) is 9.88 Å². The largest absolute Gasteiger partial charge is 0.382 e. The second-order valence-corrected chi connectivity index (χ2v) is 5.87. The molecule has 110 valence electrons. The van der Waals surface area contributed by atoms with Crippen LogP contribution in [0.5, 0.6) is 0 Å². The normalized spacial score (nSPS) is 16.8. The SMILES string of the molecule is Cc1cnccc1NC1CCN(Cc2ccccc2)CC1. The van der Waals surface area contributed by atoms with Crippen molar-refractivity contribution >= 4 is 5.69 Å². The molecule has 0 atom stereocenters. The third-order valence-corrected chi connectivity index (χ3v) is 4.22. The molecule has 3 rings (SSSR count). The fraction of sp³-hybridized carbons (Fsp3) is 0.389. The maximum Gasteiger partial charge on any atom is 0.0402 e. The Kier molecular flexibility index (Phi) is 4.51. The third-order valence-electron chi connectivity index (χ3n) is 4.22. The molecule has 0 amide bonds. The Labute approximate surface area is 127 Å². The summed E-state index contributed by atoms with van der Waals surface area (Å²) in [5, 5.41) is 3.67. The van der Waals surface area contributed by atoms with E-state index in [-0.39, 0.29) is 0 Å². The van der Waals surface area contributed by atoms with E-state index in [0.29, 0.717) is 6.04 Å². The molecule has 1 N–H and O–H groups in total. The van der Waals surface area contributed by atoms with Crippen LogP contribution in [0.2, 0.25) is 0 Å². The molecule has 3 heteroatoms. The number of nitrogens with zero attached hydrogens (tertiary/aromatic N) is 2. The summed E-state index contributed by atoms with van der Waals surface area (Å²) in [7, 11) is 0. The van der Waals surface area contributed by atoms with Crippen LogP contribution >= 0.6 is 0 Å². The van der Waals surface area contributed by atoms with E-state index >= 15 is 0 Å². The Bertz CT molecular complexity index is 560. The van der Waals surface area contributed by atoms with Gasteiger partial charge < -0.3 is 5.32 Å². The molecule has 1 aromatic heterocycles. The number of rotatable bonds is 4.